The summed E-state index contributed by atoms with van der Waals surface area (Å²) < 4.78 is 34.6. The lowest BCUT2D eigenvalue weighted by molar-refractivity contribution is -0.140. The van der Waals surface area contributed by atoms with E-state index in [0.717, 1.165) is 41.1 Å². The van der Waals surface area contributed by atoms with Gasteiger partial charge in [0.05, 0.1) is 17.2 Å². The number of hydrogen-bond acceptors (Lipinski definition) is 5. The highest BCUT2D eigenvalue weighted by Gasteiger charge is 2.34. The third kappa shape index (κ3) is 8.38. The first kappa shape index (κ1) is 32.1. The minimum Gasteiger partial charge on any atom is -0.494 e. The quantitative estimate of drug-likeness (QED) is 0.264. The molecule has 2 amide bonds. The first-order valence-corrected chi connectivity index (χ1v) is 16.6. The standard InChI is InChI=1S/C34H43N3O5S/c1-4-32(34(39)35-28-15-8-6-9-16-28)36(24-27-14-12-13-26(3)23-27)33(38)25-37(29-19-21-30(22-20-29)42-5-2)43(40,41)31-17-10-7-11-18-31/h7,10-14,17-23,28,32H,4-6,8-9,15-16,24-25H2,1-3H3,(H,35,39)/t32-/m1/s1. The van der Waals surface area contributed by atoms with Crippen molar-refractivity contribution < 1.29 is 22.7 Å². The number of benzene rings is 3. The van der Waals surface area contributed by atoms with Gasteiger partial charge in [0.2, 0.25) is 11.8 Å². The van der Waals surface area contributed by atoms with E-state index in [1.165, 1.54) is 23.5 Å². The molecule has 1 fully saturated rings. The molecule has 230 valence electrons. The zero-order valence-corrected chi connectivity index (χ0v) is 26.2. The van der Waals surface area contributed by atoms with Gasteiger partial charge in [-0.2, -0.15) is 0 Å². The Labute approximate surface area is 256 Å². The van der Waals surface area contributed by atoms with Crippen LogP contribution < -0.4 is 14.4 Å². The molecule has 1 aliphatic rings. The number of hydrogen-bond donors (Lipinski definition) is 1. The highest BCUT2D eigenvalue weighted by molar-refractivity contribution is 7.92. The van der Waals surface area contributed by atoms with Crippen LogP contribution in [0.2, 0.25) is 0 Å². The molecular weight excluding hydrogens is 562 g/mol. The smallest absolute Gasteiger partial charge is 0.264 e. The van der Waals surface area contributed by atoms with Crippen molar-refractivity contribution in [1.29, 1.82) is 0 Å². The molecule has 1 saturated carbocycles. The van der Waals surface area contributed by atoms with Crippen LogP contribution in [-0.2, 0) is 26.2 Å². The minimum atomic E-state index is -4.12. The number of rotatable bonds is 13. The molecule has 0 aliphatic heterocycles. The lowest BCUT2D eigenvalue weighted by Crippen LogP contribution is -2.54. The second-order valence-corrected chi connectivity index (χ2v) is 12.9. The van der Waals surface area contributed by atoms with Crippen molar-refractivity contribution in [2.45, 2.75) is 82.8 Å². The Morgan fingerprint density at radius 3 is 2.26 bits per heavy atom. The van der Waals surface area contributed by atoms with Crippen molar-refractivity contribution in [3.63, 3.8) is 0 Å². The lowest BCUT2D eigenvalue weighted by Gasteiger charge is -2.34. The molecule has 1 N–H and O–H groups in total. The van der Waals surface area contributed by atoms with Crippen LogP contribution in [0.3, 0.4) is 0 Å². The highest BCUT2D eigenvalue weighted by Crippen LogP contribution is 2.27. The van der Waals surface area contributed by atoms with E-state index in [-0.39, 0.29) is 23.4 Å². The number of aryl methyl sites for hydroxylation is 1. The average Bonchev–Trinajstić information content (AvgIpc) is 3.01. The van der Waals surface area contributed by atoms with Crippen molar-refractivity contribution in [2.24, 2.45) is 0 Å². The average molecular weight is 606 g/mol. The monoisotopic (exact) mass is 605 g/mol. The topological polar surface area (TPSA) is 96.0 Å². The van der Waals surface area contributed by atoms with Crippen LogP contribution in [0.15, 0.2) is 83.8 Å². The van der Waals surface area contributed by atoms with Crippen molar-refractivity contribution >= 4 is 27.5 Å². The van der Waals surface area contributed by atoms with Crippen molar-refractivity contribution in [3.8, 4) is 5.75 Å². The summed E-state index contributed by atoms with van der Waals surface area (Å²) in [4.78, 5) is 29.6. The zero-order chi connectivity index (χ0) is 30.8. The molecule has 8 nitrogen and oxygen atoms in total. The maximum absolute atomic E-state index is 14.3. The Kier molecular flexibility index (Phi) is 11.2. The molecule has 0 saturated heterocycles. The van der Waals surface area contributed by atoms with Gasteiger partial charge in [0.25, 0.3) is 10.0 Å². The largest absolute Gasteiger partial charge is 0.494 e. The summed E-state index contributed by atoms with van der Waals surface area (Å²) in [6, 6.07) is 21.8. The van der Waals surface area contributed by atoms with Crippen LogP contribution >= 0.6 is 0 Å². The Bertz CT molecular complexity index is 1450. The molecule has 0 bridgehead atoms. The molecule has 0 aromatic heterocycles. The fraction of sp³-hybridized carbons (Fsp3) is 0.412. The molecule has 0 unspecified atom stereocenters. The summed E-state index contributed by atoms with van der Waals surface area (Å²) in [5.41, 5.74) is 2.24. The number of ether oxygens (including phenoxy) is 1. The summed E-state index contributed by atoms with van der Waals surface area (Å²) in [6.45, 7) is 5.91. The number of carbonyl (C=O) groups is 2. The zero-order valence-electron chi connectivity index (χ0n) is 25.4. The normalized spacial score (nSPS) is 14.5. The molecule has 3 aromatic rings. The van der Waals surface area contributed by atoms with Gasteiger partial charge in [-0.15, -0.1) is 0 Å². The first-order chi connectivity index (χ1) is 20.7. The summed E-state index contributed by atoms with van der Waals surface area (Å²) in [6.07, 6.45) is 5.55. The number of nitrogens with zero attached hydrogens (tertiary/aromatic N) is 2. The third-order valence-corrected chi connectivity index (χ3v) is 9.61. The number of carbonyl (C=O) groups excluding carboxylic acids is 2. The fourth-order valence-electron chi connectivity index (χ4n) is 5.59. The second-order valence-electron chi connectivity index (χ2n) is 11.0. The van der Waals surface area contributed by atoms with Gasteiger partial charge in [-0.25, -0.2) is 8.42 Å². The lowest BCUT2D eigenvalue weighted by atomic mass is 9.95. The van der Waals surface area contributed by atoms with Crippen molar-refractivity contribution in [1.82, 2.24) is 10.2 Å². The molecule has 43 heavy (non-hydrogen) atoms. The van der Waals surface area contributed by atoms with Crippen LogP contribution in [0.4, 0.5) is 5.69 Å². The van der Waals surface area contributed by atoms with E-state index in [4.69, 9.17) is 4.74 Å². The van der Waals surface area contributed by atoms with Gasteiger partial charge in [-0.1, -0.05) is 74.2 Å². The molecule has 1 atom stereocenters. The Balaban J connectivity index is 1.70. The molecule has 0 spiro atoms. The predicted octanol–water partition coefficient (Wildman–Crippen LogP) is 5.85. The van der Waals surface area contributed by atoms with Crippen LogP contribution in [0, 0.1) is 6.92 Å². The van der Waals surface area contributed by atoms with E-state index in [1.807, 2.05) is 45.0 Å². The van der Waals surface area contributed by atoms with Crippen molar-refractivity contribution in [2.75, 3.05) is 17.5 Å². The highest BCUT2D eigenvalue weighted by atomic mass is 32.2. The molecule has 4 rings (SSSR count). The molecule has 3 aromatic carbocycles. The Morgan fingerprint density at radius 2 is 1.63 bits per heavy atom. The van der Waals surface area contributed by atoms with E-state index in [9.17, 15) is 18.0 Å². The molecule has 9 heteroatoms. The minimum absolute atomic E-state index is 0.0731. The van der Waals surface area contributed by atoms with Gasteiger partial charge in [-0.05, 0) is 75.1 Å². The van der Waals surface area contributed by atoms with Gasteiger partial charge < -0.3 is 15.0 Å². The summed E-state index contributed by atoms with van der Waals surface area (Å²) in [5.74, 6) is -0.0596. The van der Waals surface area contributed by atoms with Gasteiger partial charge in [0.1, 0.15) is 18.3 Å². The number of amides is 2. The Morgan fingerprint density at radius 1 is 0.930 bits per heavy atom. The van der Waals surface area contributed by atoms with E-state index in [2.05, 4.69) is 5.32 Å². The van der Waals surface area contributed by atoms with Gasteiger partial charge in [0.15, 0.2) is 0 Å². The van der Waals surface area contributed by atoms with Crippen LogP contribution in [-0.4, -0.2) is 50.4 Å². The summed E-state index contributed by atoms with van der Waals surface area (Å²) >= 11 is 0. The summed E-state index contributed by atoms with van der Waals surface area (Å²) in [7, 11) is -4.12. The van der Waals surface area contributed by atoms with Crippen LogP contribution in [0.25, 0.3) is 0 Å². The fourth-order valence-corrected chi connectivity index (χ4v) is 7.03. The van der Waals surface area contributed by atoms with E-state index < -0.39 is 28.5 Å². The van der Waals surface area contributed by atoms with Gasteiger partial charge >= 0.3 is 0 Å². The molecular formula is C34H43N3O5S. The van der Waals surface area contributed by atoms with Crippen LogP contribution in [0.1, 0.15) is 63.5 Å². The van der Waals surface area contributed by atoms with E-state index in [0.29, 0.717) is 24.5 Å². The Hall–Kier alpha value is -3.85. The maximum Gasteiger partial charge on any atom is 0.264 e. The molecule has 1 aliphatic carbocycles. The van der Waals surface area contributed by atoms with E-state index in [1.54, 1.807) is 42.5 Å². The maximum atomic E-state index is 14.3. The second kappa shape index (κ2) is 15.0. The van der Waals surface area contributed by atoms with Crippen molar-refractivity contribution in [3.05, 3.63) is 90.0 Å². The molecule has 0 heterocycles. The number of anilines is 1. The number of sulfonamides is 1. The predicted molar refractivity (Wildman–Crippen MR) is 169 cm³/mol. The third-order valence-electron chi connectivity index (χ3n) is 7.82. The van der Waals surface area contributed by atoms with E-state index >= 15 is 0 Å². The summed E-state index contributed by atoms with van der Waals surface area (Å²) in [5, 5.41) is 3.18. The van der Waals surface area contributed by atoms with Gasteiger partial charge in [-0.3, -0.25) is 13.9 Å². The SMILES string of the molecule is CCOc1ccc(N(CC(=O)N(Cc2cccc(C)c2)[C@H](CC)C(=O)NC2CCCCC2)S(=O)(=O)c2ccccc2)cc1. The van der Waals surface area contributed by atoms with Gasteiger partial charge in [0, 0.05) is 12.6 Å². The molecule has 0 radical (unpaired) electrons. The first-order valence-electron chi connectivity index (χ1n) is 15.2. The van der Waals surface area contributed by atoms with Crippen LogP contribution in [0.5, 0.6) is 5.75 Å². The number of nitrogens with one attached hydrogen (secondary N) is 1.